The minimum Gasteiger partial charge on any atom is -0.507 e. The smallest absolute Gasteiger partial charge is 0.124 e. The Labute approximate surface area is 98.3 Å². The van der Waals surface area contributed by atoms with E-state index in [1.165, 1.54) is 5.56 Å². The first-order chi connectivity index (χ1) is 7.40. The summed E-state index contributed by atoms with van der Waals surface area (Å²) in [5.74, 6) is 0.438. The highest BCUT2D eigenvalue weighted by Gasteiger charge is 2.10. The maximum Gasteiger partial charge on any atom is 0.124 e. The minimum absolute atomic E-state index is 0.438. The third-order valence-electron chi connectivity index (χ3n) is 2.39. The van der Waals surface area contributed by atoms with Crippen molar-refractivity contribution in [2.24, 2.45) is 0 Å². The Morgan fingerprint density at radius 1 is 0.938 bits per heavy atom. The molecule has 0 aliphatic rings. The van der Waals surface area contributed by atoms with Crippen LogP contribution in [0, 0.1) is 6.92 Å². The van der Waals surface area contributed by atoms with E-state index in [0.717, 1.165) is 24.2 Å². The number of aromatic hydroxyl groups is 1. The molecule has 0 spiro atoms. The summed E-state index contributed by atoms with van der Waals surface area (Å²) in [4.78, 5) is 4.13. The first-order valence-corrected chi connectivity index (χ1v) is 5.51. The van der Waals surface area contributed by atoms with Gasteiger partial charge in [0, 0.05) is 24.2 Å². The fourth-order valence-corrected chi connectivity index (χ4v) is 1.86. The summed E-state index contributed by atoms with van der Waals surface area (Å²) in [6.07, 6.45) is 0. The Kier molecular flexibility index (Phi) is 4.33. The number of phenolic OH excluding ortho intramolecular Hbond substituents is 1. The first-order valence-electron chi connectivity index (χ1n) is 5.51. The maximum atomic E-state index is 10.2. The topological polar surface area (TPSA) is 26.7 Å². The molecule has 0 unspecified atom stereocenters. The van der Waals surface area contributed by atoms with Crippen LogP contribution in [0.4, 0.5) is 0 Å². The lowest BCUT2D eigenvalue weighted by Gasteiger charge is -2.17. The molecule has 1 aromatic carbocycles. The SMILES string of the molecule is Cc1cc(CN(C)C)c(O)c(CN(C)C)c1. The van der Waals surface area contributed by atoms with E-state index in [1.807, 2.05) is 28.2 Å². The zero-order valence-corrected chi connectivity index (χ0v) is 10.9. The van der Waals surface area contributed by atoms with Crippen LogP contribution in [-0.4, -0.2) is 43.1 Å². The van der Waals surface area contributed by atoms with Crippen LogP contribution < -0.4 is 0 Å². The molecule has 0 amide bonds. The molecule has 0 aliphatic carbocycles. The van der Waals surface area contributed by atoms with Gasteiger partial charge in [-0.1, -0.05) is 17.7 Å². The molecular formula is C13H22N2O. The number of hydrogen-bond donors (Lipinski definition) is 1. The van der Waals surface area contributed by atoms with Gasteiger partial charge in [0.15, 0.2) is 0 Å². The molecule has 1 N–H and O–H groups in total. The van der Waals surface area contributed by atoms with E-state index < -0.39 is 0 Å². The van der Waals surface area contributed by atoms with E-state index in [0.29, 0.717) is 5.75 Å². The molecule has 0 radical (unpaired) electrons. The van der Waals surface area contributed by atoms with Crippen molar-refractivity contribution in [2.75, 3.05) is 28.2 Å². The van der Waals surface area contributed by atoms with Gasteiger partial charge in [-0.25, -0.2) is 0 Å². The standard InChI is InChI=1S/C13H22N2O/c1-10-6-11(8-14(2)3)13(16)12(7-10)9-15(4)5/h6-7,16H,8-9H2,1-5H3. The molecule has 0 atom stereocenters. The van der Waals surface area contributed by atoms with Gasteiger partial charge in [-0.3, -0.25) is 0 Å². The Hall–Kier alpha value is -1.06. The van der Waals surface area contributed by atoms with Gasteiger partial charge in [0.05, 0.1) is 0 Å². The van der Waals surface area contributed by atoms with Crippen LogP contribution in [-0.2, 0) is 13.1 Å². The normalized spacial score (nSPS) is 11.4. The second-order valence-corrected chi connectivity index (χ2v) is 4.91. The molecule has 0 saturated heterocycles. The van der Waals surface area contributed by atoms with Crippen LogP contribution >= 0.6 is 0 Å². The molecule has 16 heavy (non-hydrogen) atoms. The highest BCUT2D eigenvalue weighted by Crippen LogP contribution is 2.26. The summed E-state index contributed by atoms with van der Waals surface area (Å²) in [6.45, 7) is 3.61. The lowest BCUT2D eigenvalue weighted by molar-refractivity contribution is 0.368. The van der Waals surface area contributed by atoms with Crippen LogP contribution in [0.1, 0.15) is 16.7 Å². The van der Waals surface area contributed by atoms with Crippen LogP contribution in [0.2, 0.25) is 0 Å². The monoisotopic (exact) mass is 222 g/mol. The molecule has 1 aromatic rings. The fraction of sp³-hybridized carbons (Fsp3) is 0.538. The Morgan fingerprint density at radius 2 is 1.31 bits per heavy atom. The maximum absolute atomic E-state index is 10.2. The molecule has 0 fully saturated rings. The predicted molar refractivity (Wildman–Crippen MR) is 67.6 cm³/mol. The van der Waals surface area contributed by atoms with Gasteiger partial charge in [0.1, 0.15) is 5.75 Å². The van der Waals surface area contributed by atoms with E-state index in [1.54, 1.807) is 0 Å². The van der Waals surface area contributed by atoms with Crippen molar-refractivity contribution >= 4 is 0 Å². The molecule has 0 heterocycles. The predicted octanol–water partition coefficient (Wildman–Crippen LogP) is 1.82. The summed E-state index contributed by atoms with van der Waals surface area (Å²) >= 11 is 0. The van der Waals surface area contributed by atoms with E-state index in [2.05, 4.69) is 28.9 Å². The fourth-order valence-electron chi connectivity index (χ4n) is 1.86. The van der Waals surface area contributed by atoms with Crippen molar-refractivity contribution in [3.8, 4) is 5.75 Å². The molecule has 0 bridgehead atoms. The quantitative estimate of drug-likeness (QED) is 0.842. The molecule has 3 nitrogen and oxygen atoms in total. The van der Waals surface area contributed by atoms with Crippen LogP contribution in [0.15, 0.2) is 12.1 Å². The third-order valence-corrected chi connectivity index (χ3v) is 2.39. The summed E-state index contributed by atoms with van der Waals surface area (Å²) in [5.41, 5.74) is 3.20. The van der Waals surface area contributed by atoms with Gasteiger partial charge in [-0.05, 0) is 35.1 Å². The highest BCUT2D eigenvalue weighted by molar-refractivity contribution is 5.43. The lowest BCUT2D eigenvalue weighted by Crippen LogP contribution is -2.14. The number of aryl methyl sites for hydroxylation is 1. The summed E-state index contributed by atoms with van der Waals surface area (Å²) in [5, 5.41) is 10.2. The zero-order valence-electron chi connectivity index (χ0n) is 10.9. The highest BCUT2D eigenvalue weighted by atomic mass is 16.3. The van der Waals surface area contributed by atoms with E-state index in [9.17, 15) is 5.11 Å². The van der Waals surface area contributed by atoms with Crippen molar-refractivity contribution in [3.63, 3.8) is 0 Å². The molecule has 0 aromatic heterocycles. The largest absolute Gasteiger partial charge is 0.507 e. The molecule has 1 rings (SSSR count). The minimum atomic E-state index is 0.438. The molecular weight excluding hydrogens is 200 g/mol. The van der Waals surface area contributed by atoms with Crippen LogP contribution in [0.25, 0.3) is 0 Å². The third kappa shape index (κ3) is 3.51. The molecule has 90 valence electrons. The second-order valence-electron chi connectivity index (χ2n) is 4.91. The van der Waals surface area contributed by atoms with Gasteiger partial charge < -0.3 is 14.9 Å². The van der Waals surface area contributed by atoms with E-state index >= 15 is 0 Å². The lowest BCUT2D eigenvalue weighted by atomic mass is 10.0. The molecule has 3 heteroatoms. The molecule has 0 saturated carbocycles. The van der Waals surface area contributed by atoms with Crippen molar-refractivity contribution < 1.29 is 5.11 Å². The van der Waals surface area contributed by atoms with Gasteiger partial charge in [0.2, 0.25) is 0 Å². The number of phenols is 1. The summed E-state index contributed by atoms with van der Waals surface area (Å²) in [6, 6.07) is 4.10. The van der Waals surface area contributed by atoms with Gasteiger partial charge >= 0.3 is 0 Å². The summed E-state index contributed by atoms with van der Waals surface area (Å²) in [7, 11) is 8.03. The van der Waals surface area contributed by atoms with Crippen molar-refractivity contribution in [1.29, 1.82) is 0 Å². The summed E-state index contributed by atoms with van der Waals surface area (Å²) < 4.78 is 0. The van der Waals surface area contributed by atoms with Crippen molar-refractivity contribution in [2.45, 2.75) is 20.0 Å². The van der Waals surface area contributed by atoms with Crippen LogP contribution in [0.5, 0.6) is 5.75 Å². The Bertz CT molecular complexity index is 328. The van der Waals surface area contributed by atoms with Crippen molar-refractivity contribution in [3.05, 3.63) is 28.8 Å². The number of benzene rings is 1. The van der Waals surface area contributed by atoms with Gasteiger partial charge in [-0.15, -0.1) is 0 Å². The van der Waals surface area contributed by atoms with E-state index in [4.69, 9.17) is 0 Å². The van der Waals surface area contributed by atoms with Gasteiger partial charge in [0.25, 0.3) is 0 Å². The average molecular weight is 222 g/mol. The number of nitrogens with zero attached hydrogens (tertiary/aromatic N) is 2. The van der Waals surface area contributed by atoms with E-state index in [-0.39, 0.29) is 0 Å². The van der Waals surface area contributed by atoms with Gasteiger partial charge in [-0.2, -0.15) is 0 Å². The van der Waals surface area contributed by atoms with Crippen LogP contribution in [0.3, 0.4) is 0 Å². The Morgan fingerprint density at radius 3 is 1.62 bits per heavy atom. The molecule has 0 aliphatic heterocycles. The van der Waals surface area contributed by atoms with Crippen molar-refractivity contribution in [1.82, 2.24) is 9.80 Å². The first kappa shape index (κ1) is 13.0. The second kappa shape index (κ2) is 5.32. The average Bonchev–Trinajstić information content (AvgIpc) is 2.11. The Balaban J connectivity index is 3.05. The number of rotatable bonds is 4. The number of hydrogen-bond acceptors (Lipinski definition) is 3. The zero-order chi connectivity index (χ0) is 12.3.